The summed E-state index contributed by atoms with van der Waals surface area (Å²) in [4.78, 5) is 24.2. The van der Waals surface area contributed by atoms with Gasteiger partial charge in [-0.25, -0.2) is 0 Å². The Hall–Kier alpha value is -2.60. The number of hydrogen-bond acceptors (Lipinski definition) is 3. The van der Waals surface area contributed by atoms with Crippen molar-refractivity contribution in [2.24, 2.45) is 0 Å². The highest BCUT2D eigenvalue weighted by Gasteiger charge is 2.16. The van der Waals surface area contributed by atoms with Gasteiger partial charge in [-0.1, -0.05) is 29.8 Å². The van der Waals surface area contributed by atoms with Crippen molar-refractivity contribution >= 4 is 29.1 Å². The zero-order valence-corrected chi connectivity index (χ0v) is 14.3. The van der Waals surface area contributed by atoms with E-state index in [1.807, 2.05) is 19.1 Å². The van der Waals surface area contributed by atoms with Crippen molar-refractivity contribution in [3.8, 4) is 0 Å². The second-order valence-corrected chi connectivity index (χ2v) is 5.70. The highest BCUT2D eigenvalue weighted by molar-refractivity contribution is 6.30. The van der Waals surface area contributed by atoms with Crippen molar-refractivity contribution in [2.75, 3.05) is 5.32 Å². The van der Waals surface area contributed by atoms with E-state index in [4.69, 9.17) is 11.6 Å². The minimum absolute atomic E-state index is 0.192. The molecule has 0 spiro atoms. The summed E-state index contributed by atoms with van der Waals surface area (Å²) in [6.45, 7) is 3.60. The van der Waals surface area contributed by atoms with Crippen LogP contribution in [0.4, 0.5) is 5.69 Å². The van der Waals surface area contributed by atoms with Crippen molar-refractivity contribution < 1.29 is 9.59 Å². The monoisotopic (exact) mass is 346 g/mol. The maximum atomic E-state index is 12.1. The SMILES string of the molecule is C/C=C(\C)NC(=O)c1[nH]ncc1NC(=O)CCc1ccc(Cl)cc1. The first-order chi connectivity index (χ1) is 11.5. The Labute approximate surface area is 145 Å². The Morgan fingerprint density at radius 3 is 2.67 bits per heavy atom. The highest BCUT2D eigenvalue weighted by atomic mass is 35.5. The molecule has 0 fully saturated rings. The predicted octanol–water partition coefficient (Wildman–Crippen LogP) is 3.29. The summed E-state index contributed by atoms with van der Waals surface area (Å²) in [5.41, 5.74) is 2.31. The van der Waals surface area contributed by atoms with Crippen LogP contribution < -0.4 is 10.6 Å². The molecule has 3 N–H and O–H groups in total. The summed E-state index contributed by atoms with van der Waals surface area (Å²) < 4.78 is 0. The molecule has 1 heterocycles. The number of anilines is 1. The molecule has 0 atom stereocenters. The van der Waals surface area contributed by atoms with Gasteiger partial charge >= 0.3 is 0 Å². The third-order valence-electron chi connectivity index (χ3n) is 3.44. The van der Waals surface area contributed by atoms with Gasteiger partial charge in [0, 0.05) is 17.1 Å². The number of amides is 2. The zero-order valence-electron chi connectivity index (χ0n) is 13.5. The van der Waals surface area contributed by atoms with Gasteiger partial charge in [0.2, 0.25) is 5.91 Å². The molecule has 1 aromatic carbocycles. The van der Waals surface area contributed by atoms with Crippen LogP contribution in [0.25, 0.3) is 0 Å². The first-order valence-corrected chi connectivity index (χ1v) is 7.89. The van der Waals surface area contributed by atoms with E-state index in [0.29, 0.717) is 23.6 Å². The van der Waals surface area contributed by atoms with E-state index in [1.165, 1.54) is 6.20 Å². The lowest BCUT2D eigenvalue weighted by atomic mass is 10.1. The molecular weight excluding hydrogens is 328 g/mol. The second-order valence-electron chi connectivity index (χ2n) is 5.26. The number of halogens is 1. The molecule has 0 unspecified atom stereocenters. The van der Waals surface area contributed by atoms with E-state index in [2.05, 4.69) is 20.8 Å². The number of nitrogens with one attached hydrogen (secondary N) is 3. The van der Waals surface area contributed by atoms with Crippen LogP contribution in [-0.2, 0) is 11.2 Å². The maximum Gasteiger partial charge on any atom is 0.275 e. The zero-order chi connectivity index (χ0) is 17.5. The maximum absolute atomic E-state index is 12.1. The van der Waals surface area contributed by atoms with E-state index in [-0.39, 0.29) is 17.5 Å². The third kappa shape index (κ3) is 4.96. The van der Waals surface area contributed by atoms with Gasteiger partial charge in [0.1, 0.15) is 5.69 Å². The molecule has 2 amide bonds. The number of aromatic amines is 1. The molecule has 2 rings (SSSR count). The normalized spacial score (nSPS) is 11.2. The second kappa shape index (κ2) is 8.31. The Balaban J connectivity index is 1.93. The van der Waals surface area contributed by atoms with Crippen LogP contribution in [0.2, 0.25) is 5.02 Å². The van der Waals surface area contributed by atoms with Gasteiger partial charge in [-0.2, -0.15) is 5.10 Å². The molecule has 7 heteroatoms. The van der Waals surface area contributed by atoms with Gasteiger partial charge < -0.3 is 10.6 Å². The minimum atomic E-state index is -0.351. The number of aryl methyl sites for hydroxylation is 1. The topological polar surface area (TPSA) is 86.9 Å². The number of H-pyrrole nitrogens is 1. The largest absolute Gasteiger partial charge is 0.325 e. The number of carbonyl (C=O) groups is 2. The molecule has 2 aromatic rings. The van der Waals surface area contributed by atoms with Gasteiger partial charge in [0.15, 0.2) is 0 Å². The van der Waals surface area contributed by atoms with Crippen LogP contribution in [-0.4, -0.2) is 22.0 Å². The summed E-state index contributed by atoms with van der Waals surface area (Å²) >= 11 is 5.83. The van der Waals surface area contributed by atoms with Crippen LogP contribution in [0.1, 0.15) is 36.3 Å². The minimum Gasteiger partial charge on any atom is -0.325 e. The molecule has 1 aromatic heterocycles. The van der Waals surface area contributed by atoms with Crippen LogP contribution in [0.15, 0.2) is 42.2 Å². The average Bonchev–Trinajstić information content (AvgIpc) is 3.02. The molecule has 0 saturated carbocycles. The van der Waals surface area contributed by atoms with E-state index in [0.717, 1.165) is 11.3 Å². The summed E-state index contributed by atoms with van der Waals surface area (Å²) in [6, 6.07) is 7.34. The van der Waals surface area contributed by atoms with E-state index in [1.54, 1.807) is 25.1 Å². The molecule has 0 bridgehead atoms. The van der Waals surface area contributed by atoms with Crippen molar-refractivity contribution in [1.29, 1.82) is 0 Å². The number of hydrogen-bond donors (Lipinski definition) is 3. The quantitative estimate of drug-likeness (QED) is 0.750. The van der Waals surface area contributed by atoms with E-state index in [9.17, 15) is 9.59 Å². The molecule has 0 saturated heterocycles. The van der Waals surface area contributed by atoms with E-state index < -0.39 is 0 Å². The number of aromatic nitrogens is 2. The summed E-state index contributed by atoms with van der Waals surface area (Å²) in [5, 5.41) is 12.5. The molecule has 126 valence electrons. The van der Waals surface area contributed by atoms with Crippen LogP contribution in [0.3, 0.4) is 0 Å². The molecule has 0 aliphatic heterocycles. The number of carbonyl (C=O) groups excluding carboxylic acids is 2. The Bertz CT molecular complexity index is 750. The number of rotatable bonds is 6. The average molecular weight is 347 g/mol. The van der Waals surface area contributed by atoms with E-state index >= 15 is 0 Å². The van der Waals surface area contributed by atoms with Crippen LogP contribution in [0, 0.1) is 0 Å². The Morgan fingerprint density at radius 1 is 1.29 bits per heavy atom. The number of allylic oxidation sites excluding steroid dienone is 2. The molecule has 0 aliphatic carbocycles. The van der Waals surface area contributed by atoms with Crippen molar-refractivity contribution in [1.82, 2.24) is 15.5 Å². The lowest BCUT2D eigenvalue weighted by Crippen LogP contribution is -2.23. The van der Waals surface area contributed by atoms with Crippen molar-refractivity contribution in [2.45, 2.75) is 26.7 Å². The standard InChI is InChI=1S/C17H19ClN4O2/c1-3-11(2)20-17(24)16-14(10-19-22-16)21-15(23)9-6-12-4-7-13(18)8-5-12/h3-5,7-8,10H,6,9H2,1-2H3,(H,19,22)(H,20,24)(H,21,23)/b11-3+. The number of nitrogens with zero attached hydrogens (tertiary/aromatic N) is 1. The van der Waals surface area contributed by atoms with Gasteiger partial charge in [-0.3, -0.25) is 14.7 Å². The summed E-state index contributed by atoms with van der Waals surface area (Å²) in [5.74, 6) is -0.542. The third-order valence-corrected chi connectivity index (χ3v) is 3.69. The van der Waals surface area contributed by atoms with Gasteiger partial charge in [-0.05, 0) is 38.0 Å². The Morgan fingerprint density at radius 2 is 2.00 bits per heavy atom. The van der Waals surface area contributed by atoms with Crippen molar-refractivity contribution in [3.63, 3.8) is 0 Å². The fourth-order valence-electron chi connectivity index (χ4n) is 1.99. The summed E-state index contributed by atoms with van der Waals surface area (Å²) in [6.07, 6.45) is 4.07. The van der Waals surface area contributed by atoms with Gasteiger partial charge in [0.05, 0.1) is 11.9 Å². The molecule has 6 nitrogen and oxygen atoms in total. The first-order valence-electron chi connectivity index (χ1n) is 7.51. The molecule has 0 aliphatic rings. The lowest BCUT2D eigenvalue weighted by Gasteiger charge is -2.07. The summed E-state index contributed by atoms with van der Waals surface area (Å²) in [7, 11) is 0. The van der Waals surface area contributed by atoms with Crippen molar-refractivity contribution in [3.05, 3.63) is 58.5 Å². The highest BCUT2D eigenvalue weighted by Crippen LogP contribution is 2.14. The first kappa shape index (κ1) is 17.7. The predicted molar refractivity (Wildman–Crippen MR) is 93.9 cm³/mol. The molecule has 0 radical (unpaired) electrons. The van der Waals surface area contributed by atoms with Gasteiger partial charge in [-0.15, -0.1) is 0 Å². The molecular formula is C17H19ClN4O2. The lowest BCUT2D eigenvalue weighted by molar-refractivity contribution is -0.116. The van der Waals surface area contributed by atoms with Gasteiger partial charge in [0.25, 0.3) is 5.91 Å². The Kier molecular flexibility index (Phi) is 6.14. The molecule has 24 heavy (non-hydrogen) atoms. The fourth-order valence-corrected chi connectivity index (χ4v) is 2.12. The fraction of sp³-hybridized carbons (Fsp3) is 0.235. The van der Waals surface area contributed by atoms with Crippen LogP contribution >= 0.6 is 11.6 Å². The smallest absolute Gasteiger partial charge is 0.275 e. The number of benzene rings is 1. The van der Waals surface area contributed by atoms with Crippen LogP contribution in [0.5, 0.6) is 0 Å².